The molecule has 7 heteroatoms. The first kappa shape index (κ1) is 16.5. The van der Waals surface area contributed by atoms with E-state index in [4.69, 9.17) is 10.9 Å². The Morgan fingerprint density at radius 2 is 2.10 bits per heavy atom. The van der Waals surface area contributed by atoms with Gasteiger partial charge in [-0.2, -0.15) is 0 Å². The van der Waals surface area contributed by atoms with Crippen LogP contribution in [0.1, 0.15) is 25.8 Å². The first-order chi connectivity index (χ1) is 9.29. The number of nitrogens with two attached hydrogens (primary N) is 2. The van der Waals surface area contributed by atoms with E-state index in [9.17, 15) is 8.42 Å². The molecule has 0 bridgehead atoms. The Kier molecular flexibility index (Phi) is 5.97. The molecule has 0 aliphatic rings. The van der Waals surface area contributed by atoms with Crippen molar-refractivity contribution in [2.45, 2.75) is 31.7 Å². The Hall–Kier alpha value is -1.60. The van der Waals surface area contributed by atoms with E-state index in [1.54, 1.807) is 12.1 Å². The summed E-state index contributed by atoms with van der Waals surface area (Å²) in [5.74, 6) is 0.952. The van der Waals surface area contributed by atoms with E-state index >= 15 is 0 Å². The summed E-state index contributed by atoms with van der Waals surface area (Å²) >= 11 is 0. The molecule has 0 saturated heterocycles. The summed E-state index contributed by atoms with van der Waals surface area (Å²) in [5.41, 5.74) is 6.47. The maximum atomic E-state index is 11.2. The Labute approximate surface area is 120 Å². The van der Waals surface area contributed by atoms with Gasteiger partial charge in [0.25, 0.3) is 0 Å². The molecule has 0 heterocycles. The summed E-state index contributed by atoms with van der Waals surface area (Å²) in [6.07, 6.45) is 1.01. The van der Waals surface area contributed by atoms with E-state index in [1.165, 1.54) is 12.1 Å². The van der Waals surface area contributed by atoms with Crippen molar-refractivity contribution in [2.24, 2.45) is 21.8 Å². The molecule has 20 heavy (non-hydrogen) atoms. The van der Waals surface area contributed by atoms with Crippen LogP contribution in [0.5, 0.6) is 0 Å². The SMILES string of the molecule is CC(C)CCNC(N)=NCc1cccc(S(N)(=O)=O)c1. The Morgan fingerprint density at radius 3 is 2.70 bits per heavy atom. The second-order valence-corrected chi connectivity index (χ2v) is 6.56. The number of hydrogen-bond acceptors (Lipinski definition) is 3. The molecule has 0 aliphatic carbocycles. The second-order valence-electron chi connectivity index (χ2n) is 5.00. The van der Waals surface area contributed by atoms with Gasteiger partial charge < -0.3 is 11.1 Å². The minimum absolute atomic E-state index is 0.0801. The van der Waals surface area contributed by atoms with Crippen LogP contribution in [0.15, 0.2) is 34.2 Å². The molecule has 0 saturated carbocycles. The van der Waals surface area contributed by atoms with Gasteiger partial charge >= 0.3 is 0 Å². The monoisotopic (exact) mass is 298 g/mol. The fourth-order valence-electron chi connectivity index (χ4n) is 1.54. The van der Waals surface area contributed by atoms with E-state index in [0.29, 0.717) is 18.4 Å². The molecule has 0 amide bonds. The lowest BCUT2D eigenvalue weighted by atomic mass is 10.1. The quantitative estimate of drug-likeness (QED) is 0.532. The number of rotatable bonds is 6. The third kappa shape index (κ3) is 6.03. The average molecular weight is 298 g/mol. The third-order valence-corrected chi connectivity index (χ3v) is 3.60. The molecule has 5 N–H and O–H groups in total. The minimum Gasteiger partial charge on any atom is -0.370 e. The lowest BCUT2D eigenvalue weighted by molar-refractivity contribution is 0.576. The highest BCUT2D eigenvalue weighted by Gasteiger charge is 2.07. The van der Waals surface area contributed by atoms with E-state index in [1.807, 2.05) is 0 Å². The van der Waals surface area contributed by atoms with Crippen LogP contribution >= 0.6 is 0 Å². The highest BCUT2D eigenvalue weighted by molar-refractivity contribution is 7.89. The van der Waals surface area contributed by atoms with Gasteiger partial charge in [-0.25, -0.2) is 18.5 Å². The molecule has 1 rings (SSSR count). The van der Waals surface area contributed by atoms with Crippen molar-refractivity contribution in [1.82, 2.24) is 5.32 Å². The zero-order valence-corrected chi connectivity index (χ0v) is 12.7. The van der Waals surface area contributed by atoms with Gasteiger partial charge in [-0.05, 0) is 30.0 Å². The van der Waals surface area contributed by atoms with Gasteiger partial charge in [0.2, 0.25) is 10.0 Å². The van der Waals surface area contributed by atoms with Crippen LogP contribution in [0.25, 0.3) is 0 Å². The van der Waals surface area contributed by atoms with Crippen molar-refractivity contribution in [3.05, 3.63) is 29.8 Å². The van der Waals surface area contributed by atoms with E-state index < -0.39 is 10.0 Å². The van der Waals surface area contributed by atoms with Gasteiger partial charge in [0.05, 0.1) is 11.4 Å². The molecule has 0 atom stereocenters. The van der Waals surface area contributed by atoms with Crippen molar-refractivity contribution < 1.29 is 8.42 Å². The molecule has 1 aromatic carbocycles. The number of aliphatic imine (C=N–C) groups is 1. The number of sulfonamides is 1. The van der Waals surface area contributed by atoms with Crippen LogP contribution in [0.4, 0.5) is 0 Å². The van der Waals surface area contributed by atoms with Gasteiger partial charge in [-0.3, -0.25) is 0 Å². The Bertz CT molecular complexity index is 567. The number of guanidine groups is 1. The molecule has 112 valence electrons. The topological polar surface area (TPSA) is 111 Å². The van der Waals surface area contributed by atoms with Crippen molar-refractivity contribution in [3.8, 4) is 0 Å². The van der Waals surface area contributed by atoms with Gasteiger partial charge in [-0.1, -0.05) is 26.0 Å². The van der Waals surface area contributed by atoms with Crippen LogP contribution < -0.4 is 16.2 Å². The maximum Gasteiger partial charge on any atom is 0.238 e. The van der Waals surface area contributed by atoms with Gasteiger partial charge in [0, 0.05) is 6.54 Å². The predicted molar refractivity (Wildman–Crippen MR) is 80.6 cm³/mol. The first-order valence-corrected chi connectivity index (χ1v) is 7.99. The average Bonchev–Trinajstić information content (AvgIpc) is 2.35. The van der Waals surface area contributed by atoms with Crippen LogP contribution in [0.3, 0.4) is 0 Å². The van der Waals surface area contributed by atoms with Crippen LogP contribution in [-0.4, -0.2) is 20.9 Å². The number of benzene rings is 1. The lowest BCUT2D eigenvalue weighted by Crippen LogP contribution is -2.32. The molecular weight excluding hydrogens is 276 g/mol. The maximum absolute atomic E-state index is 11.2. The molecule has 0 aliphatic heterocycles. The fraction of sp³-hybridized carbons (Fsp3) is 0.462. The normalized spacial score (nSPS) is 12.7. The van der Waals surface area contributed by atoms with Gasteiger partial charge in [0.15, 0.2) is 5.96 Å². The second kappa shape index (κ2) is 7.25. The number of hydrogen-bond donors (Lipinski definition) is 3. The predicted octanol–water partition coefficient (Wildman–Crippen LogP) is 0.784. The summed E-state index contributed by atoms with van der Waals surface area (Å²) in [6, 6.07) is 6.36. The summed E-state index contributed by atoms with van der Waals surface area (Å²) < 4.78 is 22.5. The van der Waals surface area contributed by atoms with Crippen LogP contribution in [-0.2, 0) is 16.6 Å². The number of nitrogens with zero attached hydrogens (tertiary/aromatic N) is 1. The lowest BCUT2D eigenvalue weighted by Gasteiger charge is -2.07. The molecule has 0 aromatic heterocycles. The summed E-state index contributed by atoms with van der Waals surface area (Å²) in [6.45, 7) is 5.34. The Morgan fingerprint density at radius 1 is 1.40 bits per heavy atom. The highest BCUT2D eigenvalue weighted by Crippen LogP contribution is 2.10. The van der Waals surface area contributed by atoms with Crippen molar-refractivity contribution >= 4 is 16.0 Å². The van der Waals surface area contributed by atoms with E-state index in [2.05, 4.69) is 24.2 Å². The molecule has 6 nitrogen and oxygen atoms in total. The van der Waals surface area contributed by atoms with Crippen molar-refractivity contribution in [2.75, 3.05) is 6.54 Å². The summed E-state index contributed by atoms with van der Waals surface area (Å²) in [7, 11) is -3.68. The van der Waals surface area contributed by atoms with E-state index in [-0.39, 0.29) is 4.90 Å². The zero-order chi connectivity index (χ0) is 15.2. The van der Waals surface area contributed by atoms with Gasteiger partial charge in [0.1, 0.15) is 0 Å². The van der Waals surface area contributed by atoms with Crippen LogP contribution in [0.2, 0.25) is 0 Å². The van der Waals surface area contributed by atoms with Crippen molar-refractivity contribution in [3.63, 3.8) is 0 Å². The molecule has 1 aromatic rings. The molecule has 0 unspecified atom stereocenters. The minimum atomic E-state index is -3.68. The zero-order valence-electron chi connectivity index (χ0n) is 11.8. The molecule has 0 fully saturated rings. The van der Waals surface area contributed by atoms with E-state index in [0.717, 1.165) is 18.5 Å². The summed E-state index contributed by atoms with van der Waals surface area (Å²) in [4.78, 5) is 4.24. The highest BCUT2D eigenvalue weighted by atomic mass is 32.2. The van der Waals surface area contributed by atoms with Crippen molar-refractivity contribution in [1.29, 1.82) is 0 Å². The van der Waals surface area contributed by atoms with Crippen LogP contribution in [0, 0.1) is 5.92 Å². The molecular formula is C13H22N4O2S. The number of primary sulfonamides is 1. The largest absolute Gasteiger partial charge is 0.370 e. The van der Waals surface area contributed by atoms with Gasteiger partial charge in [-0.15, -0.1) is 0 Å². The molecule has 0 spiro atoms. The summed E-state index contributed by atoms with van der Waals surface area (Å²) in [5, 5.41) is 8.09. The number of nitrogens with one attached hydrogen (secondary N) is 1. The third-order valence-electron chi connectivity index (χ3n) is 2.69. The first-order valence-electron chi connectivity index (χ1n) is 6.44. The standard InChI is InChI=1S/C13H22N4O2S/c1-10(2)6-7-16-13(14)17-9-11-4-3-5-12(8-11)20(15,18)19/h3-5,8,10H,6-7,9H2,1-2H3,(H3,14,16,17)(H2,15,18,19). The molecule has 0 radical (unpaired) electrons. The fourth-order valence-corrected chi connectivity index (χ4v) is 2.13. The smallest absolute Gasteiger partial charge is 0.238 e. The Balaban J connectivity index is 2.61.